The molecule has 4 rings (SSSR count). The largest absolute Gasteiger partial charge is 0.368 e. The van der Waals surface area contributed by atoms with Crippen molar-refractivity contribution in [2.45, 2.75) is 33.1 Å². The molecule has 8 nitrogen and oxygen atoms in total. The summed E-state index contributed by atoms with van der Waals surface area (Å²) >= 11 is 0. The number of aromatic nitrogens is 6. The molecule has 8 heteroatoms. The molecule has 4 heterocycles. The summed E-state index contributed by atoms with van der Waals surface area (Å²) in [6.45, 7) is 11.1. The average molecular weight is 352 g/mol. The Morgan fingerprint density at radius 3 is 2.69 bits per heavy atom. The molecule has 1 aliphatic rings. The van der Waals surface area contributed by atoms with Crippen molar-refractivity contribution < 1.29 is 0 Å². The topological polar surface area (TPSA) is 84.1 Å². The van der Waals surface area contributed by atoms with Gasteiger partial charge in [0.25, 0.3) is 0 Å². The van der Waals surface area contributed by atoms with E-state index in [2.05, 4.69) is 51.2 Å². The fraction of sp³-hybridized carbons (Fsp3) is 0.500. The molecular weight excluding hydrogens is 328 g/mol. The summed E-state index contributed by atoms with van der Waals surface area (Å²) in [6.07, 6.45) is 3.52. The van der Waals surface area contributed by atoms with Crippen LogP contribution >= 0.6 is 0 Å². The molecule has 0 unspecified atom stereocenters. The van der Waals surface area contributed by atoms with Gasteiger partial charge < -0.3 is 10.2 Å². The molecule has 0 aliphatic carbocycles. The maximum atomic E-state index is 4.76. The summed E-state index contributed by atoms with van der Waals surface area (Å²) < 4.78 is 1.86. The van der Waals surface area contributed by atoms with Gasteiger partial charge in [-0.3, -0.25) is 4.98 Å². The van der Waals surface area contributed by atoms with Crippen LogP contribution in [0.1, 0.15) is 32.3 Å². The Hall–Kier alpha value is -2.77. The highest BCUT2D eigenvalue weighted by molar-refractivity contribution is 5.48. The van der Waals surface area contributed by atoms with Gasteiger partial charge in [0.2, 0.25) is 0 Å². The SMILES string of the molecule is Cc1cncc(NCC2CN(c3ccc4nnc(C(C)(C)C)n4n3)C2)n1. The van der Waals surface area contributed by atoms with E-state index in [1.54, 1.807) is 12.4 Å². The molecule has 1 fully saturated rings. The number of anilines is 2. The van der Waals surface area contributed by atoms with Crippen molar-refractivity contribution in [1.29, 1.82) is 0 Å². The van der Waals surface area contributed by atoms with Gasteiger partial charge in [0, 0.05) is 37.2 Å². The van der Waals surface area contributed by atoms with E-state index >= 15 is 0 Å². The maximum absolute atomic E-state index is 4.76. The van der Waals surface area contributed by atoms with E-state index in [-0.39, 0.29) is 5.41 Å². The van der Waals surface area contributed by atoms with Gasteiger partial charge in [-0.25, -0.2) is 4.98 Å². The number of fused-ring (bicyclic) bond motifs is 1. The number of hydrogen-bond acceptors (Lipinski definition) is 7. The summed E-state index contributed by atoms with van der Waals surface area (Å²) in [5.74, 6) is 3.25. The van der Waals surface area contributed by atoms with Crippen LogP contribution in [0.5, 0.6) is 0 Å². The number of aryl methyl sites for hydroxylation is 1. The normalized spacial score (nSPS) is 15.3. The van der Waals surface area contributed by atoms with Crippen LogP contribution in [-0.2, 0) is 5.41 Å². The highest BCUT2D eigenvalue weighted by Crippen LogP contribution is 2.25. The van der Waals surface area contributed by atoms with Crippen molar-refractivity contribution in [3.05, 3.63) is 36.0 Å². The van der Waals surface area contributed by atoms with E-state index in [0.29, 0.717) is 5.92 Å². The van der Waals surface area contributed by atoms with Gasteiger partial charge in [-0.05, 0) is 19.1 Å². The number of nitrogens with one attached hydrogen (secondary N) is 1. The Bertz CT molecular complexity index is 920. The lowest BCUT2D eigenvalue weighted by atomic mass is 9.96. The zero-order chi connectivity index (χ0) is 18.3. The highest BCUT2D eigenvalue weighted by atomic mass is 15.4. The molecule has 136 valence electrons. The fourth-order valence-electron chi connectivity index (χ4n) is 3.10. The molecule has 0 saturated carbocycles. The second-order valence-electron chi connectivity index (χ2n) is 7.93. The minimum atomic E-state index is -0.0959. The molecule has 3 aromatic rings. The summed E-state index contributed by atoms with van der Waals surface area (Å²) in [5, 5.41) is 16.7. The second kappa shape index (κ2) is 6.19. The first kappa shape index (κ1) is 16.7. The van der Waals surface area contributed by atoms with Crippen molar-refractivity contribution in [3.63, 3.8) is 0 Å². The highest BCUT2D eigenvalue weighted by Gasteiger charge is 2.29. The number of nitrogens with zero attached hydrogens (tertiary/aromatic N) is 7. The molecule has 3 aromatic heterocycles. The molecule has 1 saturated heterocycles. The predicted octanol–water partition coefficient (Wildman–Crippen LogP) is 2.07. The van der Waals surface area contributed by atoms with E-state index in [1.165, 1.54) is 0 Å². The van der Waals surface area contributed by atoms with Crippen LogP contribution in [0.4, 0.5) is 11.6 Å². The monoisotopic (exact) mass is 352 g/mol. The molecule has 0 aromatic carbocycles. The van der Waals surface area contributed by atoms with Gasteiger partial charge in [-0.1, -0.05) is 20.8 Å². The Balaban J connectivity index is 1.41. The summed E-state index contributed by atoms with van der Waals surface area (Å²) in [7, 11) is 0. The minimum absolute atomic E-state index is 0.0959. The van der Waals surface area contributed by atoms with Crippen LogP contribution in [0.15, 0.2) is 24.5 Å². The Labute approximate surface area is 152 Å². The van der Waals surface area contributed by atoms with Crippen molar-refractivity contribution >= 4 is 17.3 Å². The standard InChI is InChI=1S/C18H24N8/c1-12-7-19-9-14(21-12)20-8-13-10-25(11-13)16-6-5-15-22-23-17(18(2,3)4)26(15)24-16/h5-7,9,13H,8,10-11H2,1-4H3,(H,20,21). The summed E-state index contributed by atoms with van der Waals surface area (Å²) in [4.78, 5) is 10.9. The molecule has 0 radical (unpaired) electrons. The van der Waals surface area contributed by atoms with Crippen LogP contribution in [0, 0.1) is 12.8 Å². The predicted molar refractivity (Wildman–Crippen MR) is 100 cm³/mol. The maximum Gasteiger partial charge on any atom is 0.178 e. The van der Waals surface area contributed by atoms with E-state index in [1.807, 2.05) is 23.6 Å². The van der Waals surface area contributed by atoms with Gasteiger partial charge in [-0.15, -0.1) is 15.3 Å². The zero-order valence-corrected chi connectivity index (χ0v) is 15.6. The van der Waals surface area contributed by atoms with Crippen LogP contribution in [0.2, 0.25) is 0 Å². The summed E-state index contributed by atoms with van der Waals surface area (Å²) in [5.41, 5.74) is 1.61. The van der Waals surface area contributed by atoms with E-state index in [9.17, 15) is 0 Å². The average Bonchev–Trinajstić information content (AvgIpc) is 2.97. The van der Waals surface area contributed by atoms with Crippen molar-refractivity contribution in [2.75, 3.05) is 29.9 Å². The van der Waals surface area contributed by atoms with Gasteiger partial charge >= 0.3 is 0 Å². The quantitative estimate of drug-likeness (QED) is 0.769. The molecule has 26 heavy (non-hydrogen) atoms. The van der Waals surface area contributed by atoms with Gasteiger partial charge in [0.1, 0.15) is 11.6 Å². The first-order valence-corrected chi connectivity index (χ1v) is 8.90. The molecule has 1 aliphatic heterocycles. The summed E-state index contributed by atoms with van der Waals surface area (Å²) in [6, 6.07) is 4.00. The number of hydrogen-bond donors (Lipinski definition) is 1. The molecular formula is C18H24N8. The third-order valence-corrected chi connectivity index (χ3v) is 4.53. The third-order valence-electron chi connectivity index (χ3n) is 4.53. The molecule has 0 bridgehead atoms. The first-order chi connectivity index (χ1) is 12.4. The fourth-order valence-corrected chi connectivity index (χ4v) is 3.10. The molecule has 1 N–H and O–H groups in total. The van der Waals surface area contributed by atoms with Gasteiger partial charge in [-0.2, -0.15) is 4.52 Å². The van der Waals surface area contributed by atoms with Crippen LogP contribution in [-0.4, -0.2) is 49.4 Å². The lowest BCUT2D eigenvalue weighted by Crippen LogP contribution is -2.50. The lowest BCUT2D eigenvalue weighted by Gasteiger charge is -2.40. The van der Waals surface area contributed by atoms with Crippen molar-refractivity contribution in [3.8, 4) is 0 Å². The van der Waals surface area contributed by atoms with Crippen molar-refractivity contribution in [2.24, 2.45) is 5.92 Å². The first-order valence-electron chi connectivity index (χ1n) is 8.90. The Morgan fingerprint density at radius 1 is 1.15 bits per heavy atom. The van der Waals surface area contributed by atoms with E-state index < -0.39 is 0 Å². The zero-order valence-electron chi connectivity index (χ0n) is 15.6. The molecule has 0 atom stereocenters. The van der Waals surface area contributed by atoms with Crippen LogP contribution in [0.25, 0.3) is 5.65 Å². The molecule has 0 amide bonds. The lowest BCUT2D eigenvalue weighted by molar-refractivity contribution is 0.423. The van der Waals surface area contributed by atoms with E-state index in [4.69, 9.17) is 5.10 Å². The van der Waals surface area contributed by atoms with Gasteiger partial charge in [0.15, 0.2) is 11.5 Å². The second-order valence-corrected chi connectivity index (χ2v) is 7.93. The third kappa shape index (κ3) is 3.18. The molecule has 0 spiro atoms. The van der Waals surface area contributed by atoms with Crippen LogP contribution < -0.4 is 10.2 Å². The smallest absolute Gasteiger partial charge is 0.178 e. The number of rotatable bonds is 4. The van der Waals surface area contributed by atoms with E-state index in [0.717, 1.165) is 48.4 Å². The van der Waals surface area contributed by atoms with Crippen LogP contribution in [0.3, 0.4) is 0 Å². The minimum Gasteiger partial charge on any atom is -0.368 e. The van der Waals surface area contributed by atoms with Gasteiger partial charge in [0.05, 0.1) is 11.9 Å². The van der Waals surface area contributed by atoms with Crippen molar-refractivity contribution in [1.82, 2.24) is 29.8 Å². The Kier molecular flexibility index (Phi) is 3.97. The Morgan fingerprint density at radius 2 is 1.96 bits per heavy atom.